The molecule has 0 fully saturated rings. The van der Waals surface area contributed by atoms with Crippen LogP contribution in [-0.2, 0) is 22.6 Å². The quantitative estimate of drug-likeness (QED) is 0.398. The van der Waals surface area contributed by atoms with Crippen molar-refractivity contribution in [2.45, 2.75) is 19.9 Å². The van der Waals surface area contributed by atoms with Gasteiger partial charge in [0.1, 0.15) is 5.75 Å². The number of ether oxygens (including phenoxy) is 1. The summed E-state index contributed by atoms with van der Waals surface area (Å²) in [4.78, 5) is 25.8. The zero-order chi connectivity index (χ0) is 25.7. The van der Waals surface area contributed by atoms with E-state index in [-0.39, 0.29) is 11.3 Å². The summed E-state index contributed by atoms with van der Waals surface area (Å²) in [6.07, 6.45) is 0.361. The van der Waals surface area contributed by atoms with Gasteiger partial charge in [-0.05, 0) is 42.3 Å². The van der Waals surface area contributed by atoms with Crippen molar-refractivity contribution in [1.29, 1.82) is 0 Å². The van der Waals surface area contributed by atoms with E-state index in [1.54, 1.807) is 31.4 Å². The first-order chi connectivity index (χ1) is 17.4. The first kappa shape index (κ1) is 25.0. The minimum absolute atomic E-state index is 0.177. The number of para-hydroxylation sites is 1. The topological polar surface area (TPSA) is 91.2 Å². The number of carboxylic acids is 1. The third kappa shape index (κ3) is 5.42. The number of hydrogen-bond acceptors (Lipinski definition) is 5. The molecule has 0 aliphatic carbocycles. The molecule has 1 aliphatic heterocycles. The predicted molar refractivity (Wildman–Crippen MR) is 140 cm³/mol. The van der Waals surface area contributed by atoms with E-state index in [1.165, 1.54) is 11.9 Å². The van der Waals surface area contributed by atoms with E-state index in [4.69, 9.17) is 16.3 Å². The first-order valence-electron chi connectivity index (χ1n) is 11.4. The summed E-state index contributed by atoms with van der Waals surface area (Å²) in [5.41, 5.74) is 3.32. The summed E-state index contributed by atoms with van der Waals surface area (Å²) in [5.74, 6) is -1.81. The average molecular weight is 504 g/mol. The van der Waals surface area contributed by atoms with Gasteiger partial charge in [-0.2, -0.15) is 10.1 Å². The fraction of sp³-hybridized carbons (Fsp3) is 0.179. The Hall–Kier alpha value is -4.10. The van der Waals surface area contributed by atoms with Crippen LogP contribution in [0.2, 0.25) is 5.02 Å². The molecule has 0 saturated carbocycles. The smallest absolute Gasteiger partial charge is 0.312 e. The molecular formula is C28H26ClN3O4. The van der Waals surface area contributed by atoms with E-state index >= 15 is 0 Å². The Labute approximate surface area is 214 Å². The molecule has 1 heterocycles. The van der Waals surface area contributed by atoms with Crippen LogP contribution in [0.15, 0.2) is 95.2 Å². The number of carboxylic acid groups (broad SMARTS) is 1. The second kappa shape index (κ2) is 11.1. The molecule has 184 valence electrons. The van der Waals surface area contributed by atoms with Gasteiger partial charge in [0.25, 0.3) is 5.91 Å². The zero-order valence-electron chi connectivity index (χ0n) is 19.9. The summed E-state index contributed by atoms with van der Waals surface area (Å²) in [6, 6.07) is 24.1. The maximum Gasteiger partial charge on any atom is 0.312 e. The van der Waals surface area contributed by atoms with Crippen LogP contribution in [0.4, 0.5) is 5.69 Å². The number of hydrogen-bond donors (Lipinski definition) is 2. The van der Waals surface area contributed by atoms with Gasteiger partial charge in [0, 0.05) is 18.7 Å². The molecule has 7 nitrogen and oxygen atoms in total. The van der Waals surface area contributed by atoms with Crippen LogP contribution in [-0.4, -0.2) is 29.8 Å². The van der Waals surface area contributed by atoms with Gasteiger partial charge in [-0.3, -0.25) is 9.59 Å². The molecule has 3 aromatic carbocycles. The van der Waals surface area contributed by atoms with Gasteiger partial charge >= 0.3 is 5.97 Å². The number of nitrogens with zero attached hydrogens (tertiary/aromatic N) is 2. The van der Waals surface area contributed by atoms with Gasteiger partial charge in [0.15, 0.2) is 0 Å². The Bertz CT molecular complexity index is 1320. The normalized spacial score (nSPS) is 15.4. The van der Waals surface area contributed by atoms with E-state index in [9.17, 15) is 14.7 Å². The molecule has 1 unspecified atom stereocenters. The molecule has 1 aliphatic rings. The third-order valence-corrected chi connectivity index (χ3v) is 6.24. The lowest BCUT2D eigenvalue weighted by Gasteiger charge is -2.17. The second-order valence-corrected chi connectivity index (χ2v) is 8.74. The lowest BCUT2D eigenvalue weighted by Crippen LogP contribution is -2.29. The number of nitrogens with one attached hydrogen (secondary N) is 1. The van der Waals surface area contributed by atoms with Crippen molar-refractivity contribution in [2.75, 3.05) is 12.1 Å². The van der Waals surface area contributed by atoms with Gasteiger partial charge in [-0.25, -0.2) is 0 Å². The van der Waals surface area contributed by atoms with Gasteiger partial charge in [0.05, 0.1) is 35.0 Å². The summed E-state index contributed by atoms with van der Waals surface area (Å²) in [6.45, 7) is 1.97. The van der Waals surface area contributed by atoms with Crippen LogP contribution < -0.4 is 15.1 Å². The van der Waals surface area contributed by atoms with Crippen molar-refractivity contribution in [1.82, 2.24) is 5.32 Å². The van der Waals surface area contributed by atoms with Gasteiger partial charge in [-0.15, -0.1) is 0 Å². The highest BCUT2D eigenvalue weighted by Gasteiger charge is 2.39. The highest BCUT2D eigenvalue weighted by atomic mass is 35.5. The Morgan fingerprint density at radius 2 is 1.69 bits per heavy atom. The maximum atomic E-state index is 13.8. The van der Waals surface area contributed by atoms with Crippen LogP contribution in [0.5, 0.6) is 5.75 Å². The molecule has 36 heavy (non-hydrogen) atoms. The number of halogens is 1. The van der Waals surface area contributed by atoms with E-state index < -0.39 is 17.8 Å². The number of benzene rings is 3. The summed E-state index contributed by atoms with van der Waals surface area (Å²) in [5, 5.41) is 19.2. The standard InChI is InChI=1S/C28H26ClN3O4/c1-18(28(34)35)26-25(27(33)32(31-26)24-11-7-6-10-22(24)29)23(30-17-20-8-4-3-5-9-20)16-19-12-14-21(36-2)15-13-19/h3-15,18,30H,16-17H2,1-2H3,(H,34,35)/b25-23+. The molecule has 3 aromatic rings. The fourth-order valence-corrected chi connectivity index (χ4v) is 4.12. The van der Waals surface area contributed by atoms with Crippen LogP contribution in [0.3, 0.4) is 0 Å². The number of hydrazone groups is 1. The molecule has 0 aromatic heterocycles. The number of rotatable bonds is 9. The molecule has 0 bridgehead atoms. The largest absolute Gasteiger partial charge is 0.497 e. The summed E-state index contributed by atoms with van der Waals surface area (Å²) in [7, 11) is 1.60. The molecule has 4 rings (SSSR count). The Balaban J connectivity index is 1.81. The molecule has 8 heteroatoms. The summed E-state index contributed by atoms with van der Waals surface area (Å²) < 4.78 is 5.26. The molecule has 0 radical (unpaired) electrons. The van der Waals surface area contributed by atoms with Crippen molar-refractivity contribution < 1.29 is 19.4 Å². The zero-order valence-corrected chi connectivity index (χ0v) is 20.7. The van der Waals surface area contributed by atoms with Gasteiger partial charge < -0.3 is 15.2 Å². The molecular weight excluding hydrogens is 478 g/mol. The average Bonchev–Trinajstić information content (AvgIpc) is 3.23. The number of aliphatic carboxylic acids is 1. The summed E-state index contributed by atoms with van der Waals surface area (Å²) >= 11 is 6.36. The van der Waals surface area contributed by atoms with Crippen LogP contribution in [0.25, 0.3) is 0 Å². The minimum Gasteiger partial charge on any atom is -0.497 e. The molecule has 2 N–H and O–H groups in total. The van der Waals surface area contributed by atoms with Crippen LogP contribution in [0.1, 0.15) is 18.1 Å². The van der Waals surface area contributed by atoms with Gasteiger partial charge in [-0.1, -0.05) is 66.2 Å². The lowest BCUT2D eigenvalue weighted by atomic mass is 9.94. The van der Waals surface area contributed by atoms with Crippen molar-refractivity contribution in [3.63, 3.8) is 0 Å². The number of carbonyl (C=O) groups is 2. The first-order valence-corrected chi connectivity index (χ1v) is 11.8. The highest BCUT2D eigenvalue weighted by Crippen LogP contribution is 2.33. The van der Waals surface area contributed by atoms with E-state index in [0.717, 1.165) is 11.1 Å². The molecule has 1 amide bonds. The third-order valence-electron chi connectivity index (χ3n) is 5.92. The molecule has 1 atom stereocenters. The number of carbonyl (C=O) groups excluding carboxylic acids is 1. The number of amides is 1. The SMILES string of the molecule is COc1ccc(C/C(NCc2ccccc2)=C2\C(=O)N(c3ccccc3Cl)N=C2C(C)C(=O)O)cc1. The number of methoxy groups -OCH3 is 1. The molecule has 0 spiro atoms. The number of allylic oxidation sites excluding steroid dienone is 1. The van der Waals surface area contributed by atoms with Crippen molar-refractivity contribution >= 4 is 34.9 Å². The minimum atomic E-state index is -1.08. The van der Waals surface area contributed by atoms with E-state index in [0.29, 0.717) is 35.1 Å². The molecule has 0 saturated heterocycles. The lowest BCUT2D eigenvalue weighted by molar-refractivity contribution is -0.138. The second-order valence-electron chi connectivity index (χ2n) is 8.33. The number of anilines is 1. The van der Waals surface area contributed by atoms with E-state index in [2.05, 4.69) is 10.4 Å². The van der Waals surface area contributed by atoms with Crippen molar-refractivity contribution in [2.24, 2.45) is 11.0 Å². The van der Waals surface area contributed by atoms with Crippen LogP contribution >= 0.6 is 11.6 Å². The monoisotopic (exact) mass is 503 g/mol. The van der Waals surface area contributed by atoms with Crippen molar-refractivity contribution in [3.8, 4) is 5.75 Å². The predicted octanol–water partition coefficient (Wildman–Crippen LogP) is 5.06. The highest BCUT2D eigenvalue weighted by molar-refractivity contribution is 6.37. The van der Waals surface area contributed by atoms with Crippen molar-refractivity contribution in [3.05, 3.63) is 106 Å². The van der Waals surface area contributed by atoms with Crippen LogP contribution in [0, 0.1) is 5.92 Å². The maximum absolute atomic E-state index is 13.8. The Morgan fingerprint density at radius 1 is 1.03 bits per heavy atom. The fourth-order valence-electron chi connectivity index (χ4n) is 3.90. The van der Waals surface area contributed by atoms with Gasteiger partial charge in [0.2, 0.25) is 0 Å². The van der Waals surface area contributed by atoms with E-state index in [1.807, 2.05) is 54.6 Å². The Kier molecular flexibility index (Phi) is 7.71. The Morgan fingerprint density at radius 3 is 2.33 bits per heavy atom.